The second-order valence-corrected chi connectivity index (χ2v) is 5.08. The fraction of sp³-hybridized carbons (Fsp3) is 0.333. The van der Waals surface area contributed by atoms with Gasteiger partial charge in [0.05, 0.1) is 23.6 Å². The van der Waals surface area contributed by atoms with Crippen LogP contribution in [0.4, 0.5) is 0 Å². The van der Waals surface area contributed by atoms with E-state index in [0.29, 0.717) is 5.56 Å². The normalized spacial score (nSPS) is 28.4. The Labute approximate surface area is 87.4 Å². The third-order valence-electron chi connectivity index (χ3n) is 2.41. The smallest absolute Gasteiger partial charge is 0.241 e. The summed E-state index contributed by atoms with van der Waals surface area (Å²) in [6, 6.07) is 5.33. The van der Waals surface area contributed by atoms with E-state index in [-0.39, 0.29) is 4.90 Å². The van der Waals surface area contributed by atoms with Gasteiger partial charge < -0.3 is 10.2 Å². The van der Waals surface area contributed by atoms with Crippen molar-refractivity contribution in [2.45, 2.75) is 17.0 Å². The molecule has 82 valence electrons. The molecule has 0 bridgehead atoms. The highest BCUT2D eigenvalue weighted by atomic mass is 32.2. The number of sulfonamides is 1. The molecule has 1 heterocycles. The fourth-order valence-corrected chi connectivity index (χ4v) is 3.14. The van der Waals surface area contributed by atoms with Crippen molar-refractivity contribution in [1.29, 1.82) is 0 Å². The molecule has 0 fully saturated rings. The van der Waals surface area contributed by atoms with Gasteiger partial charge in [-0.15, -0.1) is 0 Å². The van der Waals surface area contributed by atoms with Crippen molar-refractivity contribution in [3.05, 3.63) is 29.8 Å². The van der Waals surface area contributed by atoms with Gasteiger partial charge in [-0.3, -0.25) is 0 Å². The molecule has 0 aliphatic carbocycles. The molecule has 3 N–H and O–H groups in total. The molecule has 1 aromatic carbocycles. The lowest BCUT2D eigenvalue weighted by Crippen LogP contribution is -2.46. The molecule has 1 aliphatic heterocycles. The second kappa shape index (κ2) is 3.57. The summed E-state index contributed by atoms with van der Waals surface area (Å²) in [4.78, 5) is 0.0715. The number of nitrogens with one attached hydrogen (secondary N) is 1. The van der Waals surface area contributed by atoms with Crippen molar-refractivity contribution in [3.8, 4) is 0 Å². The van der Waals surface area contributed by atoms with Gasteiger partial charge in [-0.05, 0) is 6.07 Å². The molecule has 2 rings (SSSR count). The minimum atomic E-state index is -3.61. The van der Waals surface area contributed by atoms with Gasteiger partial charge in [0.1, 0.15) is 0 Å². The lowest BCUT2D eigenvalue weighted by molar-refractivity contribution is 0.0954. The van der Waals surface area contributed by atoms with Crippen LogP contribution in [0.15, 0.2) is 29.2 Å². The zero-order valence-electron chi connectivity index (χ0n) is 7.79. The maximum absolute atomic E-state index is 11.7. The zero-order valence-corrected chi connectivity index (χ0v) is 8.61. The molecule has 0 spiro atoms. The van der Waals surface area contributed by atoms with Crippen LogP contribution in [0.3, 0.4) is 0 Å². The standard InChI is InChI=1S/C9H11NO4S/c11-5-7-9(12)6-3-1-2-4-8(6)15(13,14)10-7/h1-4,7,9-12H,5H2/t7-,9+/m1/s1. The average Bonchev–Trinajstić information content (AvgIpc) is 2.24. The molecule has 6 heteroatoms. The van der Waals surface area contributed by atoms with Gasteiger partial charge in [-0.1, -0.05) is 18.2 Å². The SMILES string of the molecule is O=S1(=O)N[C@H](CO)[C@@H](O)c2ccccc21. The highest BCUT2D eigenvalue weighted by molar-refractivity contribution is 7.89. The summed E-state index contributed by atoms with van der Waals surface area (Å²) >= 11 is 0. The number of rotatable bonds is 1. The highest BCUT2D eigenvalue weighted by Crippen LogP contribution is 2.29. The fourth-order valence-electron chi connectivity index (χ4n) is 1.65. The highest BCUT2D eigenvalue weighted by Gasteiger charge is 2.35. The third kappa shape index (κ3) is 1.65. The zero-order chi connectivity index (χ0) is 11.1. The molecule has 5 nitrogen and oxygen atoms in total. The molecule has 2 atom stereocenters. The molecule has 0 amide bonds. The number of aliphatic hydroxyl groups excluding tert-OH is 2. The molecule has 1 aromatic rings. The van der Waals surface area contributed by atoms with E-state index in [1.54, 1.807) is 18.2 Å². The Kier molecular flexibility index (Phi) is 2.51. The molecular formula is C9H11NO4S. The topological polar surface area (TPSA) is 86.6 Å². The Morgan fingerprint density at radius 1 is 1.33 bits per heavy atom. The van der Waals surface area contributed by atoms with Gasteiger partial charge in [-0.2, -0.15) is 0 Å². The van der Waals surface area contributed by atoms with E-state index in [0.717, 1.165) is 0 Å². The van der Waals surface area contributed by atoms with Crippen molar-refractivity contribution in [1.82, 2.24) is 4.72 Å². The number of benzene rings is 1. The first-order valence-corrected chi connectivity index (χ1v) is 5.95. The maximum Gasteiger partial charge on any atom is 0.241 e. The van der Waals surface area contributed by atoms with Gasteiger partial charge in [0.15, 0.2) is 0 Å². The maximum atomic E-state index is 11.7. The lowest BCUT2D eigenvalue weighted by atomic mass is 10.0. The van der Waals surface area contributed by atoms with Crippen molar-refractivity contribution < 1.29 is 18.6 Å². The summed E-state index contributed by atoms with van der Waals surface area (Å²) in [5.74, 6) is 0. The van der Waals surface area contributed by atoms with E-state index in [4.69, 9.17) is 5.11 Å². The summed E-state index contributed by atoms with van der Waals surface area (Å²) < 4.78 is 25.5. The first kappa shape index (κ1) is 10.6. The Balaban J connectivity index is 2.60. The summed E-state index contributed by atoms with van der Waals surface area (Å²) in [7, 11) is -3.61. The van der Waals surface area contributed by atoms with Crippen LogP contribution >= 0.6 is 0 Å². The van der Waals surface area contributed by atoms with E-state index in [2.05, 4.69) is 4.72 Å². The monoisotopic (exact) mass is 229 g/mol. The summed E-state index contributed by atoms with van der Waals surface area (Å²) in [5, 5.41) is 18.7. The summed E-state index contributed by atoms with van der Waals surface area (Å²) in [5.41, 5.74) is 0.329. The van der Waals surface area contributed by atoms with Crippen molar-refractivity contribution in [2.75, 3.05) is 6.61 Å². The van der Waals surface area contributed by atoms with Crippen LogP contribution in [0.5, 0.6) is 0 Å². The second-order valence-electron chi connectivity index (χ2n) is 3.39. The minimum Gasteiger partial charge on any atom is -0.395 e. The van der Waals surface area contributed by atoms with Crippen molar-refractivity contribution in [3.63, 3.8) is 0 Å². The lowest BCUT2D eigenvalue weighted by Gasteiger charge is -2.29. The summed E-state index contributed by atoms with van der Waals surface area (Å²) in [6.45, 7) is -0.436. The molecule has 0 unspecified atom stereocenters. The van der Waals surface area contributed by atoms with Gasteiger partial charge in [0.25, 0.3) is 0 Å². The Hall–Kier alpha value is -0.950. The van der Waals surface area contributed by atoms with E-state index in [9.17, 15) is 13.5 Å². The van der Waals surface area contributed by atoms with E-state index in [1.807, 2.05) is 0 Å². The van der Waals surface area contributed by atoms with Gasteiger partial charge in [0.2, 0.25) is 10.0 Å². The average molecular weight is 229 g/mol. The van der Waals surface area contributed by atoms with E-state index < -0.39 is 28.8 Å². The number of hydrogen-bond donors (Lipinski definition) is 3. The van der Waals surface area contributed by atoms with Crippen LogP contribution < -0.4 is 4.72 Å². The van der Waals surface area contributed by atoms with Crippen LogP contribution in [0.1, 0.15) is 11.7 Å². The Morgan fingerprint density at radius 3 is 2.67 bits per heavy atom. The minimum absolute atomic E-state index is 0.0715. The van der Waals surface area contributed by atoms with Crippen LogP contribution in [0.2, 0.25) is 0 Å². The van der Waals surface area contributed by atoms with Crippen molar-refractivity contribution >= 4 is 10.0 Å². The summed E-state index contributed by atoms with van der Waals surface area (Å²) in [6.07, 6.45) is -1.00. The number of fused-ring (bicyclic) bond motifs is 1. The molecule has 1 aliphatic rings. The van der Waals surface area contributed by atoms with Crippen LogP contribution in [0.25, 0.3) is 0 Å². The molecular weight excluding hydrogens is 218 g/mol. The number of hydrogen-bond acceptors (Lipinski definition) is 4. The largest absolute Gasteiger partial charge is 0.395 e. The van der Waals surface area contributed by atoms with Crippen LogP contribution in [-0.4, -0.2) is 31.3 Å². The quantitative estimate of drug-likeness (QED) is 0.598. The molecule has 0 radical (unpaired) electrons. The van der Waals surface area contributed by atoms with Gasteiger partial charge >= 0.3 is 0 Å². The van der Waals surface area contributed by atoms with Crippen molar-refractivity contribution in [2.24, 2.45) is 0 Å². The molecule has 0 saturated carbocycles. The predicted octanol–water partition coefficient (Wildman–Crippen LogP) is -0.627. The molecule has 0 aromatic heterocycles. The van der Waals surface area contributed by atoms with Crippen LogP contribution in [0, 0.1) is 0 Å². The van der Waals surface area contributed by atoms with E-state index >= 15 is 0 Å². The van der Waals surface area contributed by atoms with Gasteiger partial charge in [0, 0.05) is 5.56 Å². The first-order chi connectivity index (χ1) is 7.06. The number of aliphatic hydroxyl groups is 2. The van der Waals surface area contributed by atoms with E-state index in [1.165, 1.54) is 6.07 Å². The molecule has 15 heavy (non-hydrogen) atoms. The third-order valence-corrected chi connectivity index (χ3v) is 3.98. The first-order valence-electron chi connectivity index (χ1n) is 4.46. The Bertz CT molecular complexity index is 471. The molecule has 0 saturated heterocycles. The Morgan fingerprint density at radius 2 is 2.00 bits per heavy atom. The van der Waals surface area contributed by atoms with Gasteiger partial charge in [-0.25, -0.2) is 13.1 Å². The van der Waals surface area contributed by atoms with Crippen LogP contribution in [-0.2, 0) is 10.0 Å². The predicted molar refractivity (Wildman–Crippen MR) is 52.6 cm³/mol.